The van der Waals surface area contributed by atoms with Gasteiger partial charge < -0.3 is 79.2 Å². The number of hydrogen-bond acceptors (Lipinski definition) is 17. The van der Waals surface area contributed by atoms with Gasteiger partial charge in [-0.05, 0) is 18.2 Å². The van der Waals surface area contributed by atoms with Crippen LogP contribution in [0.15, 0.2) is 39.5 Å². The van der Waals surface area contributed by atoms with Gasteiger partial charge in [0.05, 0.1) is 20.3 Å². The van der Waals surface area contributed by atoms with Crippen LogP contribution in [-0.4, -0.2) is 133 Å². The van der Waals surface area contributed by atoms with E-state index in [9.17, 15) is 55.9 Å². The number of aliphatic hydroxyl groups is 8. The zero-order valence-electron chi connectivity index (χ0n) is 23.4. The third-order valence-electron chi connectivity index (χ3n) is 7.52. The Morgan fingerprint density at radius 1 is 0.733 bits per heavy atom. The maximum Gasteiger partial charge on any atom is 0.239 e. The number of methoxy groups -OCH3 is 1. The lowest BCUT2D eigenvalue weighted by Gasteiger charge is -2.39. The van der Waals surface area contributed by atoms with Gasteiger partial charge in [-0.15, -0.1) is 0 Å². The molecule has 10 atom stereocenters. The van der Waals surface area contributed by atoms with Crippen LogP contribution in [0.2, 0.25) is 0 Å². The molecule has 0 aliphatic carbocycles. The molecule has 5 rings (SSSR count). The lowest BCUT2D eigenvalue weighted by atomic mass is 9.99. The molecule has 2 aliphatic heterocycles. The zero-order chi connectivity index (χ0) is 32.7. The summed E-state index contributed by atoms with van der Waals surface area (Å²) in [6, 6.07) is 5.83. The first kappa shape index (κ1) is 32.6. The molecule has 10 unspecified atom stereocenters. The van der Waals surface area contributed by atoms with Crippen LogP contribution < -0.4 is 19.6 Å². The van der Waals surface area contributed by atoms with Gasteiger partial charge in [-0.3, -0.25) is 4.79 Å². The molecule has 2 aliphatic rings. The summed E-state index contributed by atoms with van der Waals surface area (Å²) in [5.74, 6) is -2.25. The number of fused-ring (bicyclic) bond motifs is 1. The van der Waals surface area contributed by atoms with Crippen molar-refractivity contribution in [3.8, 4) is 40.1 Å². The molecule has 10 N–H and O–H groups in total. The molecule has 17 nitrogen and oxygen atoms in total. The normalized spacial score (nSPS) is 31.9. The summed E-state index contributed by atoms with van der Waals surface area (Å²) in [6.07, 6.45) is -16.6. The third-order valence-corrected chi connectivity index (χ3v) is 7.52. The predicted octanol–water partition coefficient (Wildman–Crippen LogP) is -2.76. The highest BCUT2D eigenvalue weighted by Gasteiger charge is 2.46. The summed E-state index contributed by atoms with van der Waals surface area (Å²) in [7, 11) is 1.25. The molecule has 3 aromatic rings. The van der Waals surface area contributed by atoms with E-state index in [-0.39, 0.29) is 28.4 Å². The topological polar surface area (TPSA) is 279 Å². The van der Waals surface area contributed by atoms with Crippen LogP contribution in [-0.2, 0) is 9.47 Å². The molecule has 0 bridgehead atoms. The van der Waals surface area contributed by atoms with Crippen LogP contribution in [0.5, 0.6) is 28.7 Å². The van der Waals surface area contributed by atoms with Crippen molar-refractivity contribution in [2.75, 3.05) is 20.3 Å². The lowest BCUT2D eigenvalue weighted by Crippen LogP contribution is -2.60. The minimum atomic E-state index is -1.91. The van der Waals surface area contributed by atoms with Gasteiger partial charge in [0.25, 0.3) is 0 Å². The summed E-state index contributed by atoms with van der Waals surface area (Å²) in [6.45, 7) is -1.47. The first-order valence-electron chi connectivity index (χ1n) is 13.6. The van der Waals surface area contributed by atoms with Gasteiger partial charge in [0.2, 0.25) is 23.8 Å². The van der Waals surface area contributed by atoms with Gasteiger partial charge in [0, 0.05) is 17.7 Å². The minimum absolute atomic E-state index is 0.0504. The Labute approximate surface area is 252 Å². The van der Waals surface area contributed by atoms with Crippen molar-refractivity contribution in [1.82, 2.24) is 0 Å². The molecule has 0 saturated carbocycles. The van der Waals surface area contributed by atoms with Crippen LogP contribution in [0.3, 0.4) is 0 Å². The molecule has 45 heavy (non-hydrogen) atoms. The van der Waals surface area contributed by atoms with Crippen molar-refractivity contribution in [3.63, 3.8) is 0 Å². The maximum absolute atomic E-state index is 13.7. The Hall–Kier alpha value is -3.75. The minimum Gasteiger partial charge on any atom is -0.508 e. The van der Waals surface area contributed by atoms with Crippen LogP contribution >= 0.6 is 0 Å². The zero-order valence-corrected chi connectivity index (χ0v) is 23.4. The fourth-order valence-electron chi connectivity index (χ4n) is 5.04. The Morgan fingerprint density at radius 2 is 1.31 bits per heavy atom. The van der Waals surface area contributed by atoms with Gasteiger partial charge in [-0.25, -0.2) is 0 Å². The van der Waals surface area contributed by atoms with Gasteiger partial charge in [-0.2, -0.15) is 0 Å². The van der Waals surface area contributed by atoms with Gasteiger partial charge >= 0.3 is 0 Å². The lowest BCUT2D eigenvalue weighted by molar-refractivity contribution is -0.277. The number of aromatic hydroxyl groups is 2. The van der Waals surface area contributed by atoms with Crippen molar-refractivity contribution in [2.45, 2.75) is 61.4 Å². The second-order valence-electron chi connectivity index (χ2n) is 10.4. The Balaban J connectivity index is 1.58. The molecule has 0 radical (unpaired) electrons. The van der Waals surface area contributed by atoms with Crippen LogP contribution in [0.4, 0.5) is 0 Å². The summed E-state index contributed by atoms with van der Waals surface area (Å²) in [5, 5.41) is 100. The Bertz CT molecular complexity index is 1570. The fraction of sp³-hybridized carbons (Fsp3) is 0.464. The van der Waals surface area contributed by atoms with E-state index in [4.69, 9.17) is 28.1 Å². The van der Waals surface area contributed by atoms with E-state index in [1.807, 2.05) is 0 Å². The second-order valence-corrected chi connectivity index (χ2v) is 10.4. The standard InChI is InChI=1S/C28H32O17/c1-40-13-4-9(2-3-12(13)42-27-23(38)21(36)18(33)15(7-29)43-27)25-26(20(35)17-11(32)5-10(31)6-14(17)41-25)45-28-24(39)22(37)19(34)16(8-30)44-28/h2-6,15-16,18-19,21-24,27-34,36-39H,7-8H2,1H3. The first-order chi connectivity index (χ1) is 21.4. The van der Waals surface area contributed by atoms with Crippen molar-refractivity contribution < 1.29 is 79.2 Å². The average Bonchev–Trinajstić information content (AvgIpc) is 3.02. The molecular weight excluding hydrogens is 608 g/mol. The second kappa shape index (κ2) is 12.9. The molecule has 17 heteroatoms. The van der Waals surface area contributed by atoms with Crippen LogP contribution in [0.1, 0.15) is 0 Å². The quantitative estimate of drug-likeness (QED) is 0.119. The van der Waals surface area contributed by atoms with E-state index in [1.54, 1.807) is 0 Å². The number of aliphatic hydroxyl groups excluding tert-OH is 8. The highest BCUT2D eigenvalue weighted by atomic mass is 16.7. The smallest absolute Gasteiger partial charge is 0.239 e. The highest BCUT2D eigenvalue weighted by molar-refractivity contribution is 5.88. The number of benzene rings is 2. The van der Waals surface area contributed by atoms with E-state index in [2.05, 4.69) is 0 Å². The highest BCUT2D eigenvalue weighted by Crippen LogP contribution is 2.40. The molecule has 246 valence electrons. The SMILES string of the molecule is COc1cc(-c2oc3cc(O)cc(O)c3c(=O)c2OC2OC(CO)C(O)C(O)C2O)ccc1OC1OC(CO)C(O)C(O)C1O. The van der Waals surface area contributed by atoms with E-state index in [0.29, 0.717) is 0 Å². The first-order valence-corrected chi connectivity index (χ1v) is 13.6. The van der Waals surface area contributed by atoms with Gasteiger partial charge in [0.1, 0.15) is 71.3 Å². The van der Waals surface area contributed by atoms with Gasteiger partial charge in [0.15, 0.2) is 17.3 Å². The largest absolute Gasteiger partial charge is 0.508 e. The monoisotopic (exact) mass is 640 g/mol. The van der Waals surface area contributed by atoms with Crippen LogP contribution in [0.25, 0.3) is 22.3 Å². The van der Waals surface area contributed by atoms with E-state index in [1.165, 1.54) is 25.3 Å². The van der Waals surface area contributed by atoms with E-state index < -0.39 is 103 Å². The van der Waals surface area contributed by atoms with E-state index in [0.717, 1.165) is 12.1 Å². The van der Waals surface area contributed by atoms with Crippen molar-refractivity contribution >= 4 is 11.0 Å². The average molecular weight is 641 g/mol. The molecule has 0 amide bonds. The van der Waals surface area contributed by atoms with Crippen molar-refractivity contribution in [1.29, 1.82) is 0 Å². The number of rotatable bonds is 8. The predicted molar refractivity (Wildman–Crippen MR) is 147 cm³/mol. The summed E-state index contributed by atoms with van der Waals surface area (Å²) >= 11 is 0. The molecule has 2 saturated heterocycles. The third kappa shape index (κ3) is 5.98. The summed E-state index contributed by atoms with van der Waals surface area (Å²) < 4.78 is 33.4. The molecular formula is C28H32O17. The van der Waals surface area contributed by atoms with Crippen molar-refractivity contribution in [2.24, 2.45) is 0 Å². The Morgan fingerprint density at radius 3 is 1.87 bits per heavy atom. The van der Waals surface area contributed by atoms with Crippen molar-refractivity contribution in [3.05, 3.63) is 40.6 Å². The number of ether oxygens (including phenoxy) is 5. The number of phenols is 2. The summed E-state index contributed by atoms with van der Waals surface area (Å²) in [5.41, 5.74) is -1.23. The number of phenolic OH excluding ortho intramolecular Hbond substituents is 2. The molecule has 0 spiro atoms. The number of hydrogen-bond donors (Lipinski definition) is 10. The van der Waals surface area contributed by atoms with Gasteiger partial charge in [-0.1, -0.05) is 0 Å². The molecule has 1 aromatic heterocycles. The summed E-state index contributed by atoms with van der Waals surface area (Å²) in [4.78, 5) is 13.7. The molecule has 2 aromatic carbocycles. The molecule has 2 fully saturated rings. The maximum atomic E-state index is 13.7. The molecule has 3 heterocycles. The Kier molecular flexibility index (Phi) is 9.38. The van der Waals surface area contributed by atoms with Crippen LogP contribution in [0, 0.1) is 0 Å². The fourth-order valence-corrected chi connectivity index (χ4v) is 5.04. The van der Waals surface area contributed by atoms with E-state index >= 15 is 0 Å².